The van der Waals surface area contributed by atoms with Crippen molar-refractivity contribution in [1.82, 2.24) is 5.32 Å². The van der Waals surface area contributed by atoms with Gasteiger partial charge in [0.25, 0.3) is 10.1 Å². The highest BCUT2D eigenvalue weighted by molar-refractivity contribution is 7.86. The van der Waals surface area contributed by atoms with E-state index in [1.165, 1.54) is 6.07 Å². The van der Waals surface area contributed by atoms with Gasteiger partial charge in [-0.15, -0.1) is 0 Å². The normalized spacial score (nSPS) is 39.9. The van der Waals surface area contributed by atoms with Crippen LogP contribution in [0.5, 0.6) is 0 Å². The Morgan fingerprint density at radius 2 is 1.85 bits per heavy atom. The lowest BCUT2D eigenvalue weighted by Gasteiger charge is -2.58. The van der Waals surface area contributed by atoms with Crippen molar-refractivity contribution in [3.05, 3.63) is 41.5 Å². The predicted octanol–water partition coefficient (Wildman–Crippen LogP) is 4.34. The van der Waals surface area contributed by atoms with Crippen LogP contribution in [0.3, 0.4) is 0 Å². The molecule has 1 aromatic rings. The number of nitrogens with one attached hydrogen (secondary N) is 1. The summed E-state index contributed by atoms with van der Waals surface area (Å²) >= 11 is 0. The number of hydrogen-bond acceptors (Lipinski definition) is 4. The highest BCUT2D eigenvalue weighted by Gasteiger charge is 2.61. The first kappa shape index (κ1) is 22.8. The first-order valence-electron chi connectivity index (χ1n) is 12.1. The van der Waals surface area contributed by atoms with Crippen molar-refractivity contribution in [3.8, 4) is 0 Å². The zero-order valence-corrected chi connectivity index (χ0v) is 20.3. The van der Waals surface area contributed by atoms with Gasteiger partial charge in [-0.3, -0.25) is 14.1 Å². The summed E-state index contributed by atoms with van der Waals surface area (Å²) in [7, 11) is -4.49. The second kappa shape index (κ2) is 7.51. The third-order valence-electron chi connectivity index (χ3n) is 9.68. The zero-order chi connectivity index (χ0) is 23.8. The highest BCUT2D eigenvalue weighted by Crippen LogP contribution is 2.65. The second-order valence-corrected chi connectivity index (χ2v) is 12.6. The Labute approximate surface area is 196 Å². The Hall–Kier alpha value is -1.99. The van der Waals surface area contributed by atoms with Gasteiger partial charge in [0.2, 0.25) is 5.91 Å². The quantitative estimate of drug-likeness (QED) is 0.505. The number of hydrogen-bond donors (Lipinski definition) is 2. The lowest BCUT2D eigenvalue weighted by molar-refractivity contribution is -0.122. The van der Waals surface area contributed by atoms with Gasteiger partial charge in [0.1, 0.15) is 4.90 Å². The average Bonchev–Trinajstić information content (AvgIpc) is 3.10. The molecular formula is C26H33NO5S. The molecule has 2 N–H and O–H groups in total. The molecule has 33 heavy (non-hydrogen) atoms. The molecule has 3 saturated carbocycles. The van der Waals surface area contributed by atoms with Gasteiger partial charge in [0.15, 0.2) is 5.78 Å². The van der Waals surface area contributed by atoms with Crippen molar-refractivity contribution in [2.45, 2.75) is 70.2 Å². The Bertz CT molecular complexity index is 1160. The Kier molecular flexibility index (Phi) is 5.18. The van der Waals surface area contributed by atoms with Crippen LogP contribution < -0.4 is 5.32 Å². The Morgan fingerprint density at radius 3 is 2.58 bits per heavy atom. The van der Waals surface area contributed by atoms with E-state index in [2.05, 4.69) is 25.2 Å². The van der Waals surface area contributed by atoms with E-state index in [0.29, 0.717) is 23.3 Å². The summed E-state index contributed by atoms with van der Waals surface area (Å²) in [6.07, 6.45) is 9.40. The van der Waals surface area contributed by atoms with Crippen LogP contribution in [0, 0.1) is 41.4 Å². The van der Waals surface area contributed by atoms with Crippen molar-refractivity contribution in [2.24, 2.45) is 34.5 Å². The molecule has 0 unspecified atom stereocenters. The van der Waals surface area contributed by atoms with Gasteiger partial charge in [-0.05, 0) is 92.4 Å². The van der Waals surface area contributed by atoms with Gasteiger partial charge < -0.3 is 5.32 Å². The van der Waals surface area contributed by atoms with Crippen molar-refractivity contribution in [1.29, 1.82) is 0 Å². The first-order chi connectivity index (χ1) is 15.4. The number of aryl methyl sites for hydroxylation is 1. The van der Waals surface area contributed by atoms with Crippen LogP contribution in [-0.2, 0) is 14.9 Å². The number of benzene rings is 1. The summed E-state index contributed by atoms with van der Waals surface area (Å²) in [5, 5.41) is 3.17. The smallest absolute Gasteiger partial charge is 0.295 e. The van der Waals surface area contributed by atoms with Gasteiger partial charge in [0.05, 0.1) is 0 Å². The predicted molar refractivity (Wildman–Crippen MR) is 124 cm³/mol. The van der Waals surface area contributed by atoms with E-state index < -0.39 is 10.1 Å². The second-order valence-electron chi connectivity index (χ2n) is 11.2. The van der Waals surface area contributed by atoms with Crippen molar-refractivity contribution >= 4 is 21.8 Å². The standard InChI is InChI=1S/C26H33NO5S/c1-15-4-5-17(21(14-15)33(30,31)32)24(29)20-8-7-18-16-6-9-22-26(3,13-11-23(28)27-22)19(16)10-12-25(18,20)2/h4-5,11,13-14,16,18-20,22H,6-10,12H2,1-3H3,(H,27,28)(H,30,31,32)/t16-,18-,19-,20+,22+,25-,26+/m0/s1. The molecule has 5 rings (SSSR count). The van der Waals surface area contributed by atoms with E-state index in [4.69, 9.17) is 0 Å². The molecule has 4 aliphatic rings. The molecule has 1 aromatic carbocycles. The average molecular weight is 472 g/mol. The maximum atomic E-state index is 13.7. The maximum Gasteiger partial charge on any atom is 0.295 e. The molecule has 3 fully saturated rings. The Balaban J connectivity index is 1.47. The molecular weight excluding hydrogens is 438 g/mol. The molecule has 1 heterocycles. The van der Waals surface area contributed by atoms with E-state index in [1.54, 1.807) is 25.1 Å². The van der Waals surface area contributed by atoms with Crippen LogP contribution in [0.15, 0.2) is 35.2 Å². The molecule has 6 nitrogen and oxygen atoms in total. The van der Waals surface area contributed by atoms with Crippen LogP contribution in [-0.4, -0.2) is 30.7 Å². The van der Waals surface area contributed by atoms with Gasteiger partial charge in [-0.25, -0.2) is 0 Å². The molecule has 0 bridgehead atoms. The van der Waals surface area contributed by atoms with Crippen LogP contribution in [0.4, 0.5) is 0 Å². The maximum absolute atomic E-state index is 13.7. The van der Waals surface area contributed by atoms with Gasteiger partial charge in [-0.1, -0.05) is 26.0 Å². The van der Waals surface area contributed by atoms with Gasteiger partial charge in [-0.2, -0.15) is 8.42 Å². The third kappa shape index (κ3) is 3.42. The Morgan fingerprint density at radius 1 is 1.09 bits per heavy atom. The van der Waals surface area contributed by atoms with Crippen LogP contribution in [0.25, 0.3) is 0 Å². The topological polar surface area (TPSA) is 101 Å². The summed E-state index contributed by atoms with van der Waals surface area (Å²) in [5.74, 6) is 0.938. The van der Waals surface area contributed by atoms with Crippen LogP contribution in [0.2, 0.25) is 0 Å². The number of carbonyl (C=O) groups excluding carboxylic acids is 2. The van der Waals surface area contributed by atoms with Gasteiger partial charge >= 0.3 is 0 Å². The zero-order valence-electron chi connectivity index (χ0n) is 19.5. The third-order valence-corrected chi connectivity index (χ3v) is 10.6. The summed E-state index contributed by atoms with van der Waals surface area (Å²) in [5.41, 5.74) is 0.554. The fraction of sp³-hybridized carbons (Fsp3) is 0.615. The number of carbonyl (C=O) groups is 2. The molecule has 0 aromatic heterocycles. The number of amides is 1. The fourth-order valence-electron chi connectivity index (χ4n) is 8.00. The summed E-state index contributed by atoms with van der Waals surface area (Å²) in [6, 6.07) is 4.86. The van der Waals surface area contributed by atoms with Crippen molar-refractivity contribution in [3.63, 3.8) is 0 Å². The summed E-state index contributed by atoms with van der Waals surface area (Å²) in [6.45, 7) is 6.24. The number of rotatable bonds is 3. The first-order valence-corrected chi connectivity index (χ1v) is 13.5. The fourth-order valence-corrected chi connectivity index (χ4v) is 8.78. The largest absolute Gasteiger partial charge is 0.349 e. The SMILES string of the molecule is Cc1ccc(C(=O)[C@H]2CC[C@H]3[C@@H]4CC[C@H]5NC(=O)C=C[C@]5(C)[C@H]4CC[C@]23C)c(S(=O)(=O)O)c1. The van der Waals surface area contributed by atoms with E-state index >= 15 is 0 Å². The molecule has 1 amide bonds. The molecule has 178 valence electrons. The minimum absolute atomic E-state index is 0.00385. The van der Waals surface area contributed by atoms with E-state index in [-0.39, 0.29) is 44.9 Å². The van der Waals surface area contributed by atoms with Gasteiger partial charge in [0, 0.05) is 22.9 Å². The molecule has 0 saturated heterocycles. The monoisotopic (exact) mass is 471 g/mol. The molecule has 7 heteroatoms. The number of ketones is 1. The van der Waals surface area contributed by atoms with Crippen molar-refractivity contribution in [2.75, 3.05) is 0 Å². The molecule has 0 radical (unpaired) electrons. The highest BCUT2D eigenvalue weighted by atomic mass is 32.2. The molecule has 3 aliphatic carbocycles. The van der Waals surface area contributed by atoms with E-state index in [9.17, 15) is 22.6 Å². The molecule has 7 atom stereocenters. The minimum Gasteiger partial charge on any atom is -0.349 e. The molecule has 0 spiro atoms. The number of Topliss-reactive ketones (excluding diaryl/α,β-unsaturated/α-hetero) is 1. The minimum atomic E-state index is -4.49. The lowest BCUT2D eigenvalue weighted by Crippen LogP contribution is -2.59. The van der Waals surface area contributed by atoms with Crippen LogP contribution >= 0.6 is 0 Å². The van der Waals surface area contributed by atoms with Crippen molar-refractivity contribution < 1.29 is 22.6 Å². The number of fused-ring (bicyclic) bond motifs is 5. The van der Waals surface area contributed by atoms with E-state index in [0.717, 1.165) is 38.5 Å². The summed E-state index contributed by atoms with van der Waals surface area (Å²) in [4.78, 5) is 25.4. The summed E-state index contributed by atoms with van der Waals surface area (Å²) < 4.78 is 33.8. The van der Waals surface area contributed by atoms with Crippen LogP contribution in [0.1, 0.15) is 68.3 Å². The molecule has 1 aliphatic heterocycles. The lowest BCUT2D eigenvalue weighted by atomic mass is 9.47. The van der Waals surface area contributed by atoms with E-state index in [1.807, 2.05) is 0 Å².